The molecule has 0 aromatic heterocycles. The van der Waals surface area contributed by atoms with Gasteiger partial charge in [0.05, 0.1) is 0 Å². The minimum absolute atomic E-state index is 0.00155. The Kier molecular flexibility index (Phi) is 3.68. The molecule has 1 rings (SSSR count). The van der Waals surface area contributed by atoms with Crippen LogP contribution in [0.2, 0.25) is 0 Å². The topological polar surface area (TPSA) is 20.2 Å². The zero-order valence-corrected chi connectivity index (χ0v) is 7.76. The number of hydrogen-bond acceptors (Lipinski definition) is 1. The Balaban J connectivity index is 2.51. The summed E-state index contributed by atoms with van der Waals surface area (Å²) in [5.41, 5.74) is 0.443. The predicted octanol–water partition coefficient (Wildman–Crippen LogP) is 2.68. The molecule has 84 valence electrons. The summed E-state index contributed by atoms with van der Waals surface area (Å²) in [7, 11) is 0. The van der Waals surface area contributed by atoms with E-state index in [1.54, 1.807) is 0 Å². The fraction of sp³-hybridized carbons (Fsp3) is 0.400. The molecule has 1 atom stereocenters. The first kappa shape index (κ1) is 12.0. The van der Waals surface area contributed by atoms with Gasteiger partial charge in [0.1, 0.15) is 11.9 Å². The van der Waals surface area contributed by atoms with E-state index in [9.17, 15) is 17.6 Å². The summed E-state index contributed by atoms with van der Waals surface area (Å²) in [5.74, 6) is -0.492. The van der Waals surface area contributed by atoms with Crippen molar-refractivity contribution in [3.05, 3.63) is 35.6 Å². The zero-order valence-electron chi connectivity index (χ0n) is 7.76. The van der Waals surface area contributed by atoms with Gasteiger partial charge in [-0.2, -0.15) is 13.2 Å². The number of aliphatic hydroxyl groups excluding tert-OH is 1. The summed E-state index contributed by atoms with van der Waals surface area (Å²) < 4.78 is 48.4. The van der Waals surface area contributed by atoms with Crippen molar-refractivity contribution in [2.75, 3.05) is 0 Å². The van der Waals surface area contributed by atoms with Crippen molar-refractivity contribution in [1.82, 2.24) is 0 Å². The predicted molar refractivity (Wildman–Crippen MR) is 46.8 cm³/mol. The molecule has 15 heavy (non-hydrogen) atoms. The van der Waals surface area contributed by atoms with Gasteiger partial charge in [0.2, 0.25) is 0 Å². The lowest BCUT2D eigenvalue weighted by Gasteiger charge is -2.13. The fourth-order valence-electron chi connectivity index (χ4n) is 1.16. The van der Waals surface area contributed by atoms with Gasteiger partial charge in [-0.15, -0.1) is 0 Å². The van der Waals surface area contributed by atoms with Crippen molar-refractivity contribution >= 4 is 0 Å². The first-order valence-corrected chi connectivity index (χ1v) is 4.39. The van der Waals surface area contributed by atoms with Gasteiger partial charge in [0.25, 0.3) is 0 Å². The lowest BCUT2D eigenvalue weighted by Crippen LogP contribution is -2.28. The van der Waals surface area contributed by atoms with Crippen LogP contribution < -0.4 is 0 Å². The minimum atomic E-state index is -4.60. The number of benzene rings is 1. The number of rotatable bonds is 3. The number of alkyl halides is 3. The molecule has 0 spiro atoms. The molecular formula is C10H10F4O. The maximum absolute atomic E-state index is 12.6. The van der Waals surface area contributed by atoms with Crippen molar-refractivity contribution in [3.63, 3.8) is 0 Å². The number of aryl methyl sites for hydroxylation is 1. The van der Waals surface area contributed by atoms with Gasteiger partial charge in [0, 0.05) is 0 Å². The van der Waals surface area contributed by atoms with Crippen molar-refractivity contribution in [2.24, 2.45) is 0 Å². The molecule has 0 bridgehead atoms. The first-order chi connectivity index (χ1) is 6.89. The van der Waals surface area contributed by atoms with E-state index in [1.807, 2.05) is 0 Å². The van der Waals surface area contributed by atoms with Crippen LogP contribution in [0.5, 0.6) is 0 Å². The molecule has 1 unspecified atom stereocenters. The van der Waals surface area contributed by atoms with Gasteiger partial charge in [-0.1, -0.05) is 12.1 Å². The van der Waals surface area contributed by atoms with Crippen LogP contribution in [0.4, 0.5) is 17.6 Å². The second-order valence-corrected chi connectivity index (χ2v) is 3.23. The van der Waals surface area contributed by atoms with Gasteiger partial charge >= 0.3 is 6.18 Å². The smallest absolute Gasteiger partial charge is 0.384 e. The Morgan fingerprint density at radius 3 is 2.47 bits per heavy atom. The maximum Gasteiger partial charge on any atom is 0.414 e. The number of aliphatic hydroxyl groups is 1. The number of hydrogen-bond donors (Lipinski definition) is 1. The monoisotopic (exact) mass is 222 g/mol. The van der Waals surface area contributed by atoms with E-state index < -0.39 is 24.5 Å². The normalized spacial score (nSPS) is 13.9. The average Bonchev–Trinajstić information content (AvgIpc) is 2.12. The zero-order chi connectivity index (χ0) is 11.5. The van der Waals surface area contributed by atoms with Crippen LogP contribution in [0.3, 0.4) is 0 Å². The van der Waals surface area contributed by atoms with Gasteiger partial charge in [-0.05, 0) is 30.5 Å². The van der Waals surface area contributed by atoms with Crippen molar-refractivity contribution in [2.45, 2.75) is 25.1 Å². The van der Waals surface area contributed by atoms with Crippen LogP contribution in [0, 0.1) is 5.82 Å². The highest BCUT2D eigenvalue weighted by Crippen LogP contribution is 2.23. The quantitative estimate of drug-likeness (QED) is 0.779. The SMILES string of the molecule is OC(CCc1cccc(F)c1)C(F)(F)F. The van der Waals surface area contributed by atoms with Gasteiger partial charge in [0.15, 0.2) is 0 Å². The molecule has 5 heteroatoms. The fourth-order valence-corrected chi connectivity index (χ4v) is 1.16. The van der Waals surface area contributed by atoms with Crippen LogP contribution in [-0.2, 0) is 6.42 Å². The van der Waals surface area contributed by atoms with E-state index in [4.69, 9.17) is 5.11 Å². The summed E-state index contributed by atoms with van der Waals surface area (Å²) in [4.78, 5) is 0. The maximum atomic E-state index is 12.6. The summed E-state index contributed by atoms with van der Waals surface area (Å²) in [6.45, 7) is 0. The average molecular weight is 222 g/mol. The Labute approximate surface area is 84.3 Å². The summed E-state index contributed by atoms with van der Waals surface area (Å²) in [5, 5.41) is 8.70. The Morgan fingerprint density at radius 2 is 1.93 bits per heavy atom. The highest BCUT2D eigenvalue weighted by molar-refractivity contribution is 5.16. The lowest BCUT2D eigenvalue weighted by molar-refractivity contribution is -0.205. The van der Waals surface area contributed by atoms with E-state index in [0.717, 1.165) is 6.07 Å². The van der Waals surface area contributed by atoms with E-state index in [0.29, 0.717) is 5.56 Å². The third kappa shape index (κ3) is 3.87. The largest absolute Gasteiger partial charge is 0.414 e. The molecule has 0 fully saturated rings. The molecule has 0 amide bonds. The molecule has 1 nitrogen and oxygen atoms in total. The molecule has 0 aliphatic carbocycles. The molecule has 1 aromatic carbocycles. The molecule has 0 saturated heterocycles. The molecule has 0 aliphatic heterocycles. The van der Waals surface area contributed by atoms with E-state index in [1.165, 1.54) is 18.2 Å². The van der Waals surface area contributed by atoms with Crippen molar-refractivity contribution < 1.29 is 22.7 Å². The van der Waals surface area contributed by atoms with Gasteiger partial charge < -0.3 is 5.11 Å². The summed E-state index contributed by atoms with van der Waals surface area (Å²) in [6, 6.07) is 5.31. The molecule has 0 heterocycles. The standard InChI is InChI=1S/C10H10F4O/c11-8-3-1-2-7(6-8)4-5-9(15)10(12,13)14/h1-3,6,9,15H,4-5H2. The highest BCUT2D eigenvalue weighted by atomic mass is 19.4. The molecule has 1 N–H and O–H groups in total. The van der Waals surface area contributed by atoms with Crippen LogP contribution >= 0.6 is 0 Å². The Morgan fingerprint density at radius 1 is 1.27 bits per heavy atom. The van der Waals surface area contributed by atoms with Crippen molar-refractivity contribution in [3.8, 4) is 0 Å². The summed E-state index contributed by atoms with van der Waals surface area (Å²) >= 11 is 0. The van der Waals surface area contributed by atoms with E-state index in [-0.39, 0.29) is 6.42 Å². The van der Waals surface area contributed by atoms with Crippen LogP contribution in [0.15, 0.2) is 24.3 Å². The Hall–Kier alpha value is -1.10. The Bertz CT molecular complexity index is 321. The number of halogens is 4. The minimum Gasteiger partial charge on any atom is -0.384 e. The van der Waals surface area contributed by atoms with Gasteiger partial charge in [-0.25, -0.2) is 4.39 Å². The third-order valence-electron chi connectivity index (χ3n) is 1.97. The second-order valence-electron chi connectivity index (χ2n) is 3.23. The van der Waals surface area contributed by atoms with Crippen LogP contribution in [0.1, 0.15) is 12.0 Å². The molecule has 0 aliphatic rings. The lowest BCUT2D eigenvalue weighted by atomic mass is 10.1. The van der Waals surface area contributed by atoms with Gasteiger partial charge in [-0.3, -0.25) is 0 Å². The van der Waals surface area contributed by atoms with E-state index in [2.05, 4.69) is 0 Å². The third-order valence-corrected chi connectivity index (χ3v) is 1.97. The molecule has 0 saturated carbocycles. The first-order valence-electron chi connectivity index (χ1n) is 4.39. The van der Waals surface area contributed by atoms with Crippen LogP contribution in [0.25, 0.3) is 0 Å². The second kappa shape index (κ2) is 4.61. The van der Waals surface area contributed by atoms with Crippen LogP contribution in [-0.4, -0.2) is 17.4 Å². The molecular weight excluding hydrogens is 212 g/mol. The van der Waals surface area contributed by atoms with Crippen molar-refractivity contribution in [1.29, 1.82) is 0 Å². The molecule has 0 radical (unpaired) electrons. The molecule has 1 aromatic rings. The van der Waals surface area contributed by atoms with E-state index >= 15 is 0 Å². The highest BCUT2D eigenvalue weighted by Gasteiger charge is 2.37. The summed E-state index contributed by atoms with van der Waals surface area (Å²) in [6.07, 6.45) is -7.40.